The summed E-state index contributed by atoms with van der Waals surface area (Å²) in [5, 5.41) is 0. The number of anilines is 1. The standard InChI is InChI=1S/C19H23FN2O2/c20-16-4-1-5-17(12-16)22-8-3-7-19(15-22)14-21(9-11-24-19)13-18-6-2-10-23-18/h1-2,4-6,10,12H,3,7-9,11,13-15H2. The SMILES string of the molecule is Fc1cccc(N2CCCC3(CN(Cc4ccco4)CCO3)C2)c1. The van der Waals surface area contributed by atoms with Gasteiger partial charge in [0.1, 0.15) is 11.6 Å². The van der Waals surface area contributed by atoms with E-state index in [1.807, 2.05) is 18.2 Å². The number of hydrogen-bond acceptors (Lipinski definition) is 4. The molecule has 2 saturated heterocycles. The molecule has 0 aliphatic carbocycles. The van der Waals surface area contributed by atoms with Crippen molar-refractivity contribution in [3.63, 3.8) is 0 Å². The third-order valence-electron chi connectivity index (χ3n) is 5.00. The molecule has 2 aromatic rings. The lowest BCUT2D eigenvalue weighted by atomic mass is 9.90. The van der Waals surface area contributed by atoms with Crippen LogP contribution in [0.4, 0.5) is 10.1 Å². The first kappa shape index (κ1) is 15.7. The molecule has 0 amide bonds. The molecule has 0 radical (unpaired) electrons. The maximum absolute atomic E-state index is 13.6. The molecule has 4 rings (SSSR count). The van der Waals surface area contributed by atoms with E-state index in [1.54, 1.807) is 18.4 Å². The van der Waals surface area contributed by atoms with E-state index in [9.17, 15) is 4.39 Å². The van der Waals surface area contributed by atoms with Crippen LogP contribution in [0.3, 0.4) is 0 Å². The molecule has 5 heteroatoms. The second kappa shape index (κ2) is 6.57. The fourth-order valence-corrected chi connectivity index (χ4v) is 3.92. The highest BCUT2D eigenvalue weighted by molar-refractivity contribution is 5.47. The van der Waals surface area contributed by atoms with E-state index in [-0.39, 0.29) is 11.4 Å². The van der Waals surface area contributed by atoms with Crippen molar-refractivity contribution in [2.24, 2.45) is 0 Å². The van der Waals surface area contributed by atoms with Crippen molar-refractivity contribution in [3.8, 4) is 0 Å². The number of ether oxygens (including phenoxy) is 1. The lowest BCUT2D eigenvalue weighted by Crippen LogP contribution is -2.59. The van der Waals surface area contributed by atoms with Gasteiger partial charge in [0.2, 0.25) is 0 Å². The van der Waals surface area contributed by atoms with Gasteiger partial charge in [-0.2, -0.15) is 0 Å². The van der Waals surface area contributed by atoms with Crippen LogP contribution in [0.25, 0.3) is 0 Å². The van der Waals surface area contributed by atoms with Gasteiger partial charge in [0.15, 0.2) is 0 Å². The van der Waals surface area contributed by atoms with E-state index in [0.29, 0.717) is 0 Å². The molecule has 2 aliphatic rings. The lowest BCUT2D eigenvalue weighted by molar-refractivity contribution is -0.117. The number of furan rings is 1. The summed E-state index contributed by atoms with van der Waals surface area (Å²) in [5.41, 5.74) is 0.774. The number of hydrogen-bond donors (Lipinski definition) is 0. The summed E-state index contributed by atoms with van der Waals surface area (Å²) < 4.78 is 25.3. The van der Waals surface area contributed by atoms with Crippen LogP contribution >= 0.6 is 0 Å². The van der Waals surface area contributed by atoms with Gasteiger partial charge in [-0.1, -0.05) is 6.07 Å². The molecule has 1 atom stereocenters. The second-order valence-corrected chi connectivity index (χ2v) is 6.83. The van der Waals surface area contributed by atoms with Gasteiger partial charge in [0.25, 0.3) is 0 Å². The summed E-state index contributed by atoms with van der Waals surface area (Å²) in [4.78, 5) is 4.65. The van der Waals surface area contributed by atoms with E-state index >= 15 is 0 Å². The monoisotopic (exact) mass is 330 g/mol. The van der Waals surface area contributed by atoms with E-state index in [2.05, 4.69) is 9.80 Å². The summed E-state index contributed by atoms with van der Waals surface area (Å²) >= 11 is 0. The molecule has 0 bridgehead atoms. The molecule has 2 aliphatic heterocycles. The van der Waals surface area contributed by atoms with Crippen molar-refractivity contribution in [3.05, 3.63) is 54.2 Å². The lowest BCUT2D eigenvalue weighted by Gasteiger charge is -2.48. The molecule has 0 saturated carbocycles. The highest BCUT2D eigenvalue weighted by Gasteiger charge is 2.40. The predicted octanol–water partition coefficient (Wildman–Crippen LogP) is 3.29. The summed E-state index contributed by atoms with van der Waals surface area (Å²) in [6.07, 6.45) is 3.83. The van der Waals surface area contributed by atoms with Crippen LogP contribution in [0, 0.1) is 5.82 Å². The van der Waals surface area contributed by atoms with Crippen molar-refractivity contribution >= 4 is 5.69 Å². The maximum Gasteiger partial charge on any atom is 0.125 e. The summed E-state index contributed by atoms with van der Waals surface area (Å²) in [6.45, 7) is 5.12. The molecule has 2 fully saturated rings. The Labute approximate surface area is 141 Å². The molecule has 3 heterocycles. The Kier molecular flexibility index (Phi) is 4.29. The summed E-state index contributed by atoms with van der Waals surface area (Å²) in [5.74, 6) is 0.806. The Morgan fingerprint density at radius 2 is 2.08 bits per heavy atom. The molecule has 1 spiro atoms. The summed E-state index contributed by atoms with van der Waals surface area (Å²) in [6, 6.07) is 10.8. The topological polar surface area (TPSA) is 28.9 Å². The van der Waals surface area contributed by atoms with Gasteiger partial charge in [-0.15, -0.1) is 0 Å². The molecule has 1 aromatic heterocycles. The van der Waals surface area contributed by atoms with E-state index in [0.717, 1.165) is 63.6 Å². The third kappa shape index (κ3) is 3.32. The second-order valence-electron chi connectivity index (χ2n) is 6.83. The van der Waals surface area contributed by atoms with Gasteiger partial charge in [0.05, 0.1) is 25.0 Å². The molecule has 1 unspecified atom stereocenters. The van der Waals surface area contributed by atoms with Gasteiger partial charge in [-0.25, -0.2) is 4.39 Å². The van der Waals surface area contributed by atoms with Crippen LogP contribution in [0.5, 0.6) is 0 Å². The van der Waals surface area contributed by atoms with Gasteiger partial charge in [0, 0.05) is 31.9 Å². The fourth-order valence-electron chi connectivity index (χ4n) is 3.92. The Morgan fingerprint density at radius 1 is 1.12 bits per heavy atom. The number of morpholine rings is 1. The Morgan fingerprint density at radius 3 is 2.92 bits per heavy atom. The van der Waals surface area contributed by atoms with Crippen LogP contribution in [0.15, 0.2) is 47.1 Å². The molecule has 1 aromatic carbocycles. The number of rotatable bonds is 3. The first-order chi connectivity index (χ1) is 11.7. The number of nitrogens with zero attached hydrogens (tertiary/aromatic N) is 2. The van der Waals surface area contributed by atoms with E-state index < -0.39 is 0 Å². The van der Waals surface area contributed by atoms with Crippen LogP contribution in [0.1, 0.15) is 18.6 Å². The maximum atomic E-state index is 13.6. The Hall–Kier alpha value is -1.85. The minimum atomic E-state index is -0.184. The van der Waals surface area contributed by atoms with Gasteiger partial charge >= 0.3 is 0 Å². The van der Waals surface area contributed by atoms with E-state index in [1.165, 1.54) is 6.07 Å². The molecule has 24 heavy (non-hydrogen) atoms. The number of halogens is 1. The van der Waals surface area contributed by atoms with Crippen LogP contribution in [-0.2, 0) is 11.3 Å². The quantitative estimate of drug-likeness (QED) is 0.863. The summed E-state index contributed by atoms with van der Waals surface area (Å²) in [7, 11) is 0. The van der Waals surface area contributed by atoms with Crippen molar-refractivity contribution in [1.82, 2.24) is 4.90 Å². The van der Waals surface area contributed by atoms with Crippen LogP contribution in [0.2, 0.25) is 0 Å². The molecular formula is C19H23FN2O2. The van der Waals surface area contributed by atoms with Crippen molar-refractivity contribution in [2.75, 3.05) is 37.7 Å². The number of piperidine rings is 1. The first-order valence-electron chi connectivity index (χ1n) is 8.62. The van der Waals surface area contributed by atoms with Gasteiger partial charge in [-0.05, 0) is 43.2 Å². The predicted molar refractivity (Wildman–Crippen MR) is 90.5 cm³/mol. The Bertz CT molecular complexity index is 672. The minimum Gasteiger partial charge on any atom is -0.468 e. The average Bonchev–Trinajstić information content (AvgIpc) is 3.08. The van der Waals surface area contributed by atoms with Crippen LogP contribution in [-0.4, -0.2) is 43.3 Å². The average molecular weight is 330 g/mol. The smallest absolute Gasteiger partial charge is 0.125 e. The van der Waals surface area contributed by atoms with Gasteiger partial charge in [-0.3, -0.25) is 4.90 Å². The zero-order valence-electron chi connectivity index (χ0n) is 13.8. The van der Waals surface area contributed by atoms with Crippen molar-refractivity contribution in [1.29, 1.82) is 0 Å². The number of benzene rings is 1. The molecule has 0 N–H and O–H groups in total. The van der Waals surface area contributed by atoms with Gasteiger partial charge < -0.3 is 14.1 Å². The zero-order chi connectivity index (χ0) is 16.4. The molecular weight excluding hydrogens is 307 g/mol. The largest absolute Gasteiger partial charge is 0.468 e. The fraction of sp³-hybridized carbons (Fsp3) is 0.474. The first-order valence-corrected chi connectivity index (χ1v) is 8.62. The highest BCUT2D eigenvalue weighted by atomic mass is 19.1. The molecule has 128 valence electrons. The van der Waals surface area contributed by atoms with Crippen LogP contribution < -0.4 is 4.90 Å². The Balaban J connectivity index is 1.47. The van der Waals surface area contributed by atoms with E-state index in [4.69, 9.17) is 9.15 Å². The zero-order valence-corrected chi connectivity index (χ0v) is 13.8. The normalized spacial score (nSPS) is 25.3. The van der Waals surface area contributed by atoms with Crippen molar-refractivity contribution in [2.45, 2.75) is 25.0 Å². The van der Waals surface area contributed by atoms with Crippen molar-refractivity contribution < 1.29 is 13.5 Å². The molecule has 4 nitrogen and oxygen atoms in total. The highest BCUT2D eigenvalue weighted by Crippen LogP contribution is 2.32. The third-order valence-corrected chi connectivity index (χ3v) is 5.00. The minimum absolute atomic E-state index is 0.171.